The maximum Gasteiger partial charge on any atom is 0.276 e. The first-order valence-electron chi connectivity index (χ1n) is 5.00. The number of nitrogens with zero attached hydrogens (tertiary/aromatic N) is 2. The zero-order valence-corrected chi connectivity index (χ0v) is 11.6. The first-order valence-corrected chi connectivity index (χ1v) is 6.17. The van der Waals surface area contributed by atoms with Crippen LogP contribution in [0.25, 0.3) is 0 Å². The minimum atomic E-state index is -0.582. The highest BCUT2D eigenvalue weighted by molar-refractivity contribution is 9.10. The highest BCUT2D eigenvalue weighted by Crippen LogP contribution is 2.25. The second-order valence-electron chi connectivity index (χ2n) is 3.54. The van der Waals surface area contributed by atoms with Gasteiger partial charge in [-0.3, -0.25) is 10.1 Å². The van der Waals surface area contributed by atoms with Gasteiger partial charge in [-0.1, -0.05) is 11.6 Å². The molecule has 8 heteroatoms. The van der Waals surface area contributed by atoms with Gasteiger partial charge in [0.05, 0.1) is 21.5 Å². The standard InChI is InChI=1S/C11H6BrClFN3O2/c12-8-2-1-6(3-9(8)14)15-11-5-7(17(18)19)4-10(13)16-11/h1-5H,(H,15,16). The summed E-state index contributed by atoms with van der Waals surface area (Å²) in [6.07, 6.45) is 0. The Kier molecular flexibility index (Phi) is 3.96. The summed E-state index contributed by atoms with van der Waals surface area (Å²) < 4.78 is 13.6. The van der Waals surface area contributed by atoms with Gasteiger partial charge in [0, 0.05) is 5.69 Å². The molecule has 0 fully saturated rings. The largest absolute Gasteiger partial charge is 0.340 e. The average Bonchev–Trinajstić information content (AvgIpc) is 2.33. The number of nitrogens with one attached hydrogen (secondary N) is 1. The lowest BCUT2D eigenvalue weighted by molar-refractivity contribution is -0.384. The second kappa shape index (κ2) is 5.50. The van der Waals surface area contributed by atoms with E-state index in [4.69, 9.17) is 11.6 Å². The molecule has 0 aliphatic heterocycles. The molecule has 2 rings (SSSR count). The molecular formula is C11H6BrClFN3O2. The minimum absolute atomic E-state index is 0.0192. The number of halogens is 3. The molecule has 0 aliphatic carbocycles. The van der Waals surface area contributed by atoms with Crippen molar-refractivity contribution in [2.45, 2.75) is 0 Å². The summed E-state index contributed by atoms with van der Waals surface area (Å²) in [4.78, 5) is 14.0. The summed E-state index contributed by atoms with van der Waals surface area (Å²) >= 11 is 8.71. The molecule has 0 radical (unpaired) electrons. The predicted molar refractivity (Wildman–Crippen MR) is 73.3 cm³/mol. The molecule has 0 saturated carbocycles. The van der Waals surface area contributed by atoms with E-state index in [9.17, 15) is 14.5 Å². The Morgan fingerprint density at radius 2 is 2.11 bits per heavy atom. The highest BCUT2D eigenvalue weighted by Gasteiger charge is 2.11. The minimum Gasteiger partial charge on any atom is -0.340 e. The molecule has 0 unspecified atom stereocenters. The number of aromatic nitrogens is 1. The molecule has 19 heavy (non-hydrogen) atoms. The van der Waals surface area contributed by atoms with Crippen LogP contribution in [0.2, 0.25) is 5.15 Å². The summed E-state index contributed by atoms with van der Waals surface area (Å²) in [5, 5.41) is 13.4. The van der Waals surface area contributed by atoms with Gasteiger partial charge in [-0.2, -0.15) is 0 Å². The van der Waals surface area contributed by atoms with Crippen LogP contribution in [0.4, 0.5) is 21.6 Å². The Morgan fingerprint density at radius 1 is 1.37 bits per heavy atom. The smallest absolute Gasteiger partial charge is 0.276 e. The quantitative estimate of drug-likeness (QED) is 0.511. The van der Waals surface area contributed by atoms with E-state index < -0.39 is 10.7 Å². The van der Waals surface area contributed by atoms with Crippen molar-refractivity contribution in [3.63, 3.8) is 0 Å². The van der Waals surface area contributed by atoms with Gasteiger partial charge in [0.25, 0.3) is 5.69 Å². The van der Waals surface area contributed by atoms with Crippen LogP contribution in [0.15, 0.2) is 34.8 Å². The van der Waals surface area contributed by atoms with Crippen LogP contribution in [0.5, 0.6) is 0 Å². The van der Waals surface area contributed by atoms with Crippen molar-refractivity contribution >= 4 is 44.7 Å². The number of rotatable bonds is 3. The predicted octanol–water partition coefficient (Wildman–Crippen LogP) is 4.29. The third-order valence-electron chi connectivity index (χ3n) is 2.18. The summed E-state index contributed by atoms with van der Waals surface area (Å²) in [5.74, 6) is -0.289. The van der Waals surface area contributed by atoms with Crippen LogP contribution >= 0.6 is 27.5 Å². The van der Waals surface area contributed by atoms with Gasteiger partial charge in [0.15, 0.2) is 0 Å². The Labute approximate surface area is 120 Å². The van der Waals surface area contributed by atoms with Crippen molar-refractivity contribution in [1.82, 2.24) is 4.98 Å². The van der Waals surface area contributed by atoms with E-state index >= 15 is 0 Å². The van der Waals surface area contributed by atoms with Crippen LogP contribution in [-0.4, -0.2) is 9.91 Å². The molecule has 0 bridgehead atoms. The lowest BCUT2D eigenvalue weighted by Crippen LogP contribution is -1.97. The van der Waals surface area contributed by atoms with Crippen molar-refractivity contribution in [2.75, 3.05) is 5.32 Å². The number of hydrogen-bond donors (Lipinski definition) is 1. The van der Waals surface area contributed by atoms with Crippen molar-refractivity contribution in [3.8, 4) is 0 Å². The number of nitro groups is 1. The second-order valence-corrected chi connectivity index (χ2v) is 4.79. The Balaban J connectivity index is 2.32. The van der Waals surface area contributed by atoms with Gasteiger partial charge in [-0.25, -0.2) is 9.37 Å². The normalized spacial score (nSPS) is 10.3. The maximum atomic E-state index is 13.3. The molecule has 1 aromatic carbocycles. The summed E-state index contributed by atoms with van der Waals surface area (Å²) in [5.41, 5.74) is 0.213. The number of hydrogen-bond acceptors (Lipinski definition) is 4. The van der Waals surface area contributed by atoms with E-state index in [1.54, 1.807) is 6.07 Å². The molecule has 5 nitrogen and oxygen atoms in total. The van der Waals surface area contributed by atoms with Gasteiger partial charge in [-0.05, 0) is 34.1 Å². The monoisotopic (exact) mass is 345 g/mol. The molecule has 0 amide bonds. The van der Waals surface area contributed by atoms with E-state index in [0.29, 0.717) is 10.2 Å². The molecule has 1 N–H and O–H groups in total. The molecule has 1 aromatic heterocycles. The van der Waals surface area contributed by atoms with Crippen molar-refractivity contribution in [3.05, 3.63) is 55.9 Å². The maximum absolute atomic E-state index is 13.3. The van der Waals surface area contributed by atoms with E-state index in [1.165, 1.54) is 18.2 Å². The van der Waals surface area contributed by atoms with Gasteiger partial charge in [-0.15, -0.1) is 0 Å². The molecule has 0 atom stereocenters. The SMILES string of the molecule is O=[N+]([O-])c1cc(Cl)nc(Nc2ccc(Br)c(F)c2)c1. The average molecular weight is 347 g/mol. The molecule has 98 valence electrons. The van der Waals surface area contributed by atoms with Gasteiger partial charge in [0.1, 0.15) is 16.8 Å². The third-order valence-corrected chi connectivity index (χ3v) is 3.02. The lowest BCUT2D eigenvalue weighted by Gasteiger charge is -2.06. The molecule has 0 spiro atoms. The Hall–Kier alpha value is -1.73. The molecule has 2 aromatic rings. The fourth-order valence-corrected chi connectivity index (χ4v) is 1.82. The number of pyridine rings is 1. The van der Waals surface area contributed by atoms with Gasteiger partial charge < -0.3 is 5.32 Å². The van der Waals surface area contributed by atoms with E-state index in [-0.39, 0.29) is 16.7 Å². The fraction of sp³-hybridized carbons (Fsp3) is 0. The van der Waals surface area contributed by atoms with E-state index in [1.807, 2.05) is 0 Å². The van der Waals surface area contributed by atoms with Crippen LogP contribution in [0.1, 0.15) is 0 Å². The van der Waals surface area contributed by atoms with E-state index in [2.05, 4.69) is 26.2 Å². The van der Waals surface area contributed by atoms with Crippen molar-refractivity contribution < 1.29 is 9.31 Å². The summed E-state index contributed by atoms with van der Waals surface area (Å²) in [6.45, 7) is 0. The van der Waals surface area contributed by atoms with Gasteiger partial charge in [0.2, 0.25) is 0 Å². The third kappa shape index (κ3) is 3.39. The zero-order valence-electron chi connectivity index (χ0n) is 9.23. The summed E-state index contributed by atoms with van der Waals surface area (Å²) in [7, 11) is 0. The highest BCUT2D eigenvalue weighted by atomic mass is 79.9. The van der Waals surface area contributed by atoms with Crippen LogP contribution in [0.3, 0.4) is 0 Å². The molecule has 0 aliphatic rings. The fourth-order valence-electron chi connectivity index (χ4n) is 1.37. The Morgan fingerprint density at radius 3 is 2.74 bits per heavy atom. The van der Waals surface area contributed by atoms with Crippen LogP contribution < -0.4 is 5.32 Å². The van der Waals surface area contributed by atoms with Crippen LogP contribution in [0, 0.1) is 15.9 Å². The van der Waals surface area contributed by atoms with E-state index in [0.717, 1.165) is 6.07 Å². The van der Waals surface area contributed by atoms with Crippen molar-refractivity contribution in [2.24, 2.45) is 0 Å². The summed E-state index contributed by atoms with van der Waals surface area (Å²) in [6, 6.07) is 6.69. The zero-order chi connectivity index (χ0) is 14.0. The lowest BCUT2D eigenvalue weighted by atomic mass is 10.3. The van der Waals surface area contributed by atoms with Crippen molar-refractivity contribution in [1.29, 1.82) is 0 Å². The van der Waals surface area contributed by atoms with Gasteiger partial charge >= 0.3 is 0 Å². The number of benzene rings is 1. The first-order chi connectivity index (χ1) is 8.95. The first kappa shape index (κ1) is 13.7. The number of anilines is 2. The molecule has 1 heterocycles. The topological polar surface area (TPSA) is 68.1 Å². The Bertz CT molecular complexity index is 654. The molecule has 0 saturated heterocycles. The van der Waals surface area contributed by atoms with Crippen LogP contribution in [-0.2, 0) is 0 Å². The molecular weight excluding hydrogens is 340 g/mol.